The largest absolute Gasteiger partial charge is 0.368 e. The molecule has 0 aromatic rings. The van der Waals surface area contributed by atoms with E-state index in [1.165, 1.54) is 12.8 Å². The van der Waals surface area contributed by atoms with Crippen LogP contribution in [0.3, 0.4) is 0 Å². The predicted molar refractivity (Wildman–Crippen MR) is 64.1 cm³/mol. The zero-order chi connectivity index (χ0) is 11.7. The highest BCUT2D eigenvalue weighted by Gasteiger charge is 2.31. The van der Waals surface area contributed by atoms with Crippen LogP contribution in [0.2, 0.25) is 0 Å². The van der Waals surface area contributed by atoms with Gasteiger partial charge in [-0.25, -0.2) is 0 Å². The van der Waals surface area contributed by atoms with Crippen molar-refractivity contribution in [3.05, 3.63) is 0 Å². The highest BCUT2D eigenvalue weighted by Crippen LogP contribution is 2.22. The molecule has 0 saturated carbocycles. The Kier molecular flexibility index (Phi) is 7.67. The molecule has 0 N–H and O–H groups in total. The second-order valence-electron chi connectivity index (χ2n) is 4.29. The number of carbonyl (C=O) groups excluding carboxylic acids is 1. The molecule has 0 aliphatic heterocycles. The van der Waals surface area contributed by atoms with Gasteiger partial charge in [0.1, 0.15) is 5.60 Å². The van der Waals surface area contributed by atoms with E-state index in [1.807, 2.05) is 20.8 Å². The molecule has 15 heavy (non-hydrogen) atoms. The predicted octanol–water partition coefficient (Wildman–Crippen LogP) is 3.73. The Hall–Kier alpha value is -0.370. The number of Topliss-reactive ketones (excluding diaryl/α,β-unsaturated/α-hetero) is 1. The Balaban J connectivity index is 4.22. The molecule has 0 saturated heterocycles. The summed E-state index contributed by atoms with van der Waals surface area (Å²) in [6.45, 7) is 8.74. The van der Waals surface area contributed by atoms with Crippen LogP contribution in [-0.2, 0) is 9.53 Å². The van der Waals surface area contributed by atoms with E-state index in [4.69, 9.17) is 4.74 Å². The third-order valence-corrected chi connectivity index (χ3v) is 2.79. The summed E-state index contributed by atoms with van der Waals surface area (Å²) in [6.07, 6.45) is 5.88. The zero-order valence-electron chi connectivity index (χ0n) is 10.8. The lowest BCUT2D eigenvalue weighted by atomic mass is 9.91. The molecule has 0 amide bonds. The lowest BCUT2D eigenvalue weighted by molar-refractivity contribution is -0.143. The molecular weight excluding hydrogens is 188 g/mol. The summed E-state index contributed by atoms with van der Waals surface area (Å²) in [7, 11) is 0. The van der Waals surface area contributed by atoms with Gasteiger partial charge in [0.25, 0.3) is 0 Å². The Labute approximate surface area is 94.4 Å². The Morgan fingerprint density at radius 3 is 2.27 bits per heavy atom. The molecule has 2 heteroatoms. The fraction of sp³-hybridized carbons (Fsp3) is 0.923. The Bertz CT molecular complexity index is 177. The minimum atomic E-state index is -0.528. The monoisotopic (exact) mass is 214 g/mol. The maximum Gasteiger partial charge on any atom is 0.164 e. The third kappa shape index (κ3) is 5.31. The van der Waals surface area contributed by atoms with Gasteiger partial charge in [-0.1, -0.05) is 33.1 Å². The molecule has 0 aliphatic carbocycles. The maximum absolute atomic E-state index is 11.9. The fourth-order valence-electron chi connectivity index (χ4n) is 1.81. The average Bonchev–Trinajstić information content (AvgIpc) is 2.19. The molecule has 0 aromatic heterocycles. The van der Waals surface area contributed by atoms with Crippen LogP contribution in [0.4, 0.5) is 0 Å². The summed E-state index contributed by atoms with van der Waals surface area (Å²) in [6, 6.07) is 0. The summed E-state index contributed by atoms with van der Waals surface area (Å²) in [5.41, 5.74) is -0.528. The molecule has 0 rings (SSSR count). The van der Waals surface area contributed by atoms with E-state index < -0.39 is 5.60 Å². The van der Waals surface area contributed by atoms with Crippen LogP contribution < -0.4 is 0 Å². The molecule has 0 spiro atoms. The van der Waals surface area contributed by atoms with Crippen LogP contribution in [0, 0.1) is 0 Å². The van der Waals surface area contributed by atoms with Gasteiger partial charge >= 0.3 is 0 Å². The van der Waals surface area contributed by atoms with E-state index in [0.717, 1.165) is 19.3 Å². The number of hydrogen-bond donors (Lipinski definition) is 0. The molecule has 0 heterocycles. The molecule has 0 bridgehead atoms. The highest BCUT2D eigenvalue weighted by atomic mass is 16.5. The van der Waals surface area contributed by atoms with Gasteiger partial charge in [-0.05, 0) is 26.7 Å². The van der Waals surface area contributed by atoms with Crippen LogP contribution in [0.1, 0.15) is 66.2 Å². The van der Waals surface area contributed by atoms with Crippen molar-refractivity contribution in [2.24, 2.45) is 0 Å². The van der Waals surface area contributed by atoms with Crippen LogP contribution in [0.5, 0.6) is 0 Å². The van der Waals surface area contributed by atoms with Crippen molar-refractivity contribution in [1.29, 1.82) is 0 Å². The molecule has 0 aromatic carbocycles. The van der Waals surface area contributed by atoms with Crippen molar-refractivity contribution < 1.29 is 9.53 Å². The van der Waals surface area contributed by atoms with Gasteiger partial charge in [-0.3, -0.25) is 4.79 Å². The summed E-state index contributed by atoms with van der Waals surface area (Å²) in [5.74, 6) is 0.267. The van der Waals surface area contributed by atoms with Gasteiger partial charge in [0.15, 0.2) is 5.78 Å². The van der Waals surface area contributed by atoms with Gasteiger partial charge in [-0.2, -0.15) is 0 Å². The zero-order valence-corrected chi connectivity index (χ0v) is 10.8. The second-order valence-corrected chi connectivity index (χ2v) is 4.29. The van der Waals surface area contributed by atoms with Crippen molar-refractivity contribution in [2.45, 2.75) is 71.8 Å². The molecule has 0 aliphatic rings. The van der Waals surface area contributed by atoms with Crippen molar-refractivity contribution in [3.63, 3.8) is 0 Å². The first kappa shape index (κ1) is 14.6. The van der Waals surface area contributed by atoms with Crippen LogP contribution in [-0.4, -0.2) is 18.0 Å². The number of ether oxygens (including phenoxy) is 1. The second kappa shape index (κ2) is 7.86. The van der Waals surface area contributed by atoms with Crippen molar-refractivity contribution in [3.8, 4) is 0 Å². The van der Waals surface area contributed by atoms with Gasteiger partial charge in [0.05, 0.1) is 0 Å². The van der Waals surface area contributed by atoms with Gasteiger partial charge in [-0.15, -0.1) is 0 Å². The molecular formula is C13H26O2. The summed E-state index contributed by atoms with van der Waals surface area (Å²) in [4.78, 5) is 11.9. The number of carbonyl (C=O) groups is 1. The number of hydrogen-bond acceptors (Lipinski definition) is 2. The first-order valence-corrected chi connectivity index (χ1v) is 6.28. The third-order valence-electron chi connectivity index (χ3n) is 2.79. The smallest absolute Gasteiger partial charge is 0.164 e. The Morgan fingerprint density at radius 1 is 1.13 bits per heavy atom. The van der Waals surface area contributed by atoms with E-state index >= 15 is 0 Å². The minimum absolute atomic E-state index is 0.267. The number of rotatable bonds is 9. The molecule has 0 radical (unpaired) electrons. The van der Waals surface area contributed by atoms with E-state index in [9.17, 15) is 4.79 Å². The van der Waals surface area contributed by atoms with E-state index in [0.29, 0.717) is 13.0 Å². The van der Waals surface area contributed by atoms with Crippen LogP contribution in [0.25, 0.3) is 0 Å². The lowest BCUT2D eigenvalue weighted by Crippen LogP contribution is -2.38. The number of unbranched alkanes of at least 4 members (excludes halogenated alkanes) is 2. The van der Waals surface area contributed by atoms with E-state index in [1.54, 1.807) is 0 Å². The van der Waals surface area contributed by atoms with Crippen molar-refractivity contribution in [2.75, 3.05) is 6.61 Å². The van der Waals surface area contributed by atoms with Gasteiger partial charge in [0.2, 0.25) is 0 Å². The van der Waals surface area contributed by atoms with E-state index in [-0.39, 0.29) is 5.78 Å². The van der Waals surface area contributed by atoms with Gasteiger partial charge < -0.3 is 4.74 Å². The quantitative estimate of drug-likeness (QED) is 0.547. The normalized spacial score (nSPS) is 14.9. The topological polar surface area (TPSA) is 26.3 Å². The summed E-state index contributed by atoms with van der Waals surface area (Å²) >= 11 is 0. The first-order chi connectivity index (χ1) is 7.10. The molecule has 90 valence electrons. The van der Waals surface area contributed by atoms with Gasteiger partial charge in [0, 0.05) is 13.0 Å². The minimum Gasteiger partial charge on any atom is -0.368 e. The number of ketones is 1. The SMILES string of the molecule is CCCCCC(C)(OCC)C(=O)CCC. The molecule has 0 fully saturated rings. The van der Waals surface area contributed by atoms with Crippen molar-refractivity contribution >= 4 is 5.78 Å². The van der Waals surface area contributed by atoms with Crippen LogP contribution >= 0.6 is 0 Å². The summed E-state index contributed by atoms with van der Waals surface area (Å²) < 4.78 is 5.64. The molecule has 1 atom stereocenters. The standard InChI is InChI=1S/C13H26O2/c1-5-8-9-11-13(4,15-7-3)12(14)10-6-2/h5-11H2,1-4H3. The molecule has 2 nitrogen and oxygen atoms in total. The van der Waals surface area contributed by atoms with Crippen LogP contribution in [0.15, 0.2) is 0 Å². The highest BCUT2D eigenvalue weighted by molar-refractivity contribution is 5.86. The summed E-state index contributed by atoms with van der Waals surface area (Å²) in [5, 5.41) is 0. The first-order valence-electron chi connectivity index (χ1n) is 6.28. The average molecular weight is 214 g/mol. The van der Waals surface area contributed by atoms with E-state index in [2.05, 4.69) is 6.92 Å². The van der Waals surface area contributed by atoms with Crippen molar-refractivity contribution in [1.82, 2.24) is 0 Å². The lowest BCUT2D eigenvalue weighted by Gasteiger charge is -2.28. The fourth-order valence-corrected chi connectivity index (χ4v) is 1.81. The Morgan fingerprint density at radius 2 is 1.80 bits per heavy atom. The molecule has 1 unspecified atom stereocenters. The maximum atomic E-state index is 11.9.